The minimum Gasteiger partial charge on any atom is -0.393 e. The number of Topliss-reactive ketones (excluding diaryl/α,β-unsaturated/α-hetero) is 2. The molecular formula is C10H14O3. The van der Waals surface area contributed by atoms with E-state index in [-0.39, 0.29) is 23.1 Å². The summed E-state index contributed by atoms with van der Waals surface area (Å²) in [6, 6.07) is 0. The van der Waals surface area contributed by atoms with Crippen molar-refractivity contribution in [2.45, 2.75) is 44.6 Å². The summed E-state index contributed by atoms with van der Waals surface area (Å²) in [5, 5.41) is 9.31. The van der Waals surface area contributed by atoms with Crippen LogP contribution >= 0.6 is 0 Å². The number of aliphatic hydroxyl groups excluding tert-OH is 1. The second-order valence-corrected chi connectivity index (χ2v) is 4.26. The molecule has 0 aromatic heterocycles. The third kappa shape index (κ3) is 1.31. The van der Waals surface area contributed by atoms with Gasteiger partial charge in [0.15, 0.2) is 5.78 Å². The van der Waals surface area contributed by atoms with E-state index in [1.54, 1.807) is 0 Å². The Kier molecular flexibility index (Phi) is 1.99. The predicted octanol–water partition coefficient (Wildman–Crippen LogP) is 0.840. The highest BCUT2D eigenvalue weighted by atomic mass is 16.3. The van der Waals surface area contributed by atoms with Crippen LogP contribution in [0.25, 0.3) is 0 Å². The van der Waals surface area contributed by atoms with E-state index in [4.69, 9.17) is 0 Å². The SMILES string of the molecule is O=C1CCC2(CCC(O)CC2)C1=O. The van der Waals surface area contributed by atoms with Crippen LogP contribution in [0.5, 0.6) is 0 Å². The molecule has 0 aliphatic heterocycles. The van der Waals surface area contributed by atoms with Crippen LogP contribution in [0, 0.1) is 5.41 Å². The fraction of sp³-hybridized carbons (Fsp3) is 0.800. The van der Waals surface area contributed by atoms with Gasteiger partial charge < -0.3 is 5.11 Å². The first-order valence-corrected chi connectivity index (χ1v) is 4.90. The summed E-state index contributed by atoms with van der Waals surface area (Å²) >= 11 is 0. The van der Waals surface area contributed by atoms with Gasteiger partial charge in [0.2, 0.25) is 5.78 Å². The van der Waals surface area contributed by atoms with Gasteiger partial charge in [0.25, 0.3) is 0 Å². The maximum atomic E-state index is 11.6. The van der Waals surface area contributed by atoms with Gasteiger partial charge in [-0.05, 0) is 32.1 Å². The van der Waals surface area contributed by atoms with Crippen LogP contribution in [0.1, 0.15) is 38.5 Å². The molecule has 13 heavy (non-hydrogen) atoms. The van der Waals surface area contributed by atoms with Gasteiger partial charge in [-0.15, -0.1) is 0 Å². The van der Waals surface area contributed by atoms with Crippen molar-refractivity contribution in [3.8, 4) is 0 Å². The second-order valence-electron chi connectivity index (χ2n) is 4.26. The Hall–Kier alpha value is -0.700. The van der Waals surface area contributed by atoms with E-state index in [0.29, 0.717) is 32.1 Å². The lowest BCUT2D eigenvalue weighted by Crippen LogP contribution is -2.34. The molecule has 0 aromatic carbocycles. The molecule has 2 fully saturated rings. The molecule has 3 nitrogen and oxygen atoms in total. The molecule has 3 heteroatoms. The number of hydrogen-bond donors (Lipinski definition) is 1. The first-order chi connectivity index (χ1) is 6.14. The highest BCUT2D eigenvalue weighted by molar-refractivity contribution is 6.41. The Balaban J connectivity index is 2.14. The Morgan fingerprint density at radius 1 is 1.15 bits per heavy atom. The summed E-state index contributed by atoms with van der Waals surface area (Å²) in [4.78, 5) is 22.7. The molecule has 0 aromatic rings. The molecule has 0 saturated heterocycles. The smallest absolute Gasteiger partial charge is 0.204 e. The molecule has 0 radical (unpaired) electrons. The van der Waals surface area contributed by atoms with E-state index in [0.717, 1.165) is 6.42 Å². The number of carbonyl (C=O) groups excluding carboxylic acids is 2. The highest BCUT2D eigenvalue weighted by Gasteiger charge is 2.48. The lowest BCUT2D eigenvalue weighted by molar-refractivity contribution is -0.140. The molecule has 0 bridgehead atoms. The number of hydrogen-bond acceptors (Lipinski definition) is 3. The summed E-state index contributed by atoms with van der Waals surface area (Å²) in [6.45, 7) is 0. The molecule has 2 saturated carbocycles. The average molecular weight is 182 g/mol. The first-order valence-electron chi connectivity index (χ1n) is 4.90. The summed E-state index contributed by atoms with van der Waals surface area (Å²) in [6.07, 6.45) is 3.66. The predicted molar refractivity (Wildman–Crippen MR) is 46.2 cm³/mol. The van der Waals surface area contributed by atoms with Gasteiger partial charge in [0.1, 0.15) is 0 Å². The summed E-state index contributed by atoms with van der Waals surface area (Å²) in [5.41, 5.74) is -0.365. The van der Waals surface area contributed by atoms with Gasteiger partial charge in [0.05, 0.1) is 6.10 Å². The standard InChI is InChI=1S/C10H14O3/c11-7-1-4-10(5-2-7)6-3-8(12)9(10)13/h7,11H,1-6H2. The normalized spacial score (nSPS) is 40.2. The maximum Gasteiger partial charge on any atom is 0.204 e. The van der Waals surface area contributed by atoms with E-state index in [1.165, 1.54) is 0 Å². The van der Waals surface area contributed by atoms with Crippen molar-refractivity contribution in [2.75, 3.05) is 0 Å². The molecule has 0 amide bonds. The third-order valence-corrected chi connectivity index (χ3v) is 3.48. The average Bonchev–Trinajstić information content (AvgIpc) is 2.40. The zero-order valence-corrected chi connectivity index (χ0v) is 7.58. The fourth-order valence-corrected chi connectivity index (χ4v) is 2.51. The van der Waals surface area contributed by atoms with Crippen molar-refractivity contribution in [2.24, 2.45) is 5.41 Å². The van der Waals surface area contributed by atoms with Gasteiger partial charge in [0, 0.05) is 11.8 Å². The molecule has 72 valence electrons. The van der Waals surface area contributed by atoms with Crippen LogP contribution in [0.2, 0.25) is 0 Å². The number of rotatable bonds is 0. The maximum absolute atomic E-state index is 11.6. The molecular weight excluding hydrogens is 168 g/mol. The van der Waals surface area contributed by atoms with E-state index >= 15 is 0 Å². The van der Waals surface area contributed by atoms with Crippen molar-refractivity contribution in [3.63, 3.8) is 0 Å². The van der Waals surface area contributed by atoms with Crippen molar-refractivity contribution in [1.82, 2.24) is 0 Å². The van der Waals surface area contributed by atoms with Gasteiger partial charge in [-0.2, -0.15) is 0 Å². The number of carbonyl (C=O) groups is 2. The quantitative estimate of drug-likeness (QED) is 0.565. The van der Waals surface area contributed by atoms with Gasteiger partial charge >= 0.3 is 0 Å². The highest BCUT2D eigenvalue weighted by Crippen LogP contribution is 2.45. The van der Waals surface area contributed by atoms with Crippen LogP contribution in [0.4, 0.5) is 0 Å². The molecule has 0 atom stereocenters. The van der Waals surface area contributed by atoms with Gasteiger partial charge in [-0.25, -0.2) is 0 Å². The fourth-order valence-electron chi connectivity index (χ4n) is 2.51. The van der Waals surface area contributed by atoms with Crippen LogP contribution in [0.3, 0.4) is 0 Å². The van der Waals surface area contributed by atoms with Crippen molar-refractivity contribution in [1.29, 1.82) is 0 Å². The molecule has 2 aliphatic rings. The minimum atomic E-state index is -0.365. The van der Waals surface area contributed by atoms with E-state index in [2.05, 4.69) is 0 Å². The lowest BCUT2D eigenvalue weighted by atomic mass is 9.71. The Bertz CT molecular complexity index is 249. The van der Waals surface area contributed by atoms with Crippen LogP contribution in [-0.2, 0) is 9.59 Å². The summed E-state index contributed by atoms with van der Waals surface area (Å²) in [5.74, 6) is -0.365. The lowest BCUT2D eigenvalue weighted by Gasteiger charge is -2.33. The van der Waals surface area contributed by atoms with Crippen molar-refractivity contribution >= 4 is 11.6 Å². The van der Waals surface area contributed by atoms with Gasteiger partial charge in [-0.1, -0.05) is 0 Å². The molecule has 2 rings (SSSR count). The molecule has 2 aliphatic carbocycles. The Morgan fingerprint density at radius 2 is 1.77 bits per heavy atom. The van der Waals surface area contributed by atoms with Gasteiger partial charge in [-0.3, -0.25) is 9.59 Å². The van der Waals surface area contributed by atoms with Crippen LogP contribution < -0.4 is 0 Å². The zero-order chi connectivity index (χ0) is 9.47. The van der Waals surface area contributed by atoms with Crippen LogP contribution in [0.15, 0.2) is 0 Å². The van der Waals surface area contributed by atoms with Crippen molar-refractivity contribution < 1.29 is 14.7 Å². The van der Waals surface area contributed by atoms with E-state index in [9.17, 15) is 14.7 Å². The molecule has 0 heterocycles. The Labute approximate surface area is 77.1 Å². The largest absolute Gasteiger partial charge is 0.393 e. The second kappa shape index (κ2) is 2.91. The zero-order valence-electron chi connectivity index (χ0n) is 7.58. The molecule has 1 N–H and O–H groups in total. The third-order valence-electron chi connectivity index (χ3n) is 3.48. The van der Waals surface area contributed by atoms with Crippen LogP contribution in [-0.4, -0.2) is 22.8 Å². The Morgan fingerprint density at radius 3 is 2.23 bits per heavy atom. The van der Waals surface area contributed by atoms with E-state index in [1.807, 2.05) is 0 Å². The van der Waals surface area contributed by atoms with Crippen molar-refractivity contribution in [3.05, 3.63) is 0 Å². The number of ketones is 2. The topological polar surface area (TPSA) is 54.4 Å². The summed E-state index contributed by atoms with van der Waals surface area (Å²) < 4.78 is 0. The summed E-state index contributed by atoms with van der Waals surface area (Å²) in [7, 11) is 0. The minimum absolute atomic E-state index is 0.167. The van der Waals surface area contributed by atoms with E-state index < -0.39 is 0 Å². The molecule has 0 unspecified atom stereocenters. The first kappa shape index (κ1) is 8.88. The monoisotopic (exact) mass is 182 g/mol. The number of aliphatic hydroxyl groups is 1. The molecule has 1 spiro atoms.